The van der Waals surface area contributed by atoms with Gasteiger partial charge in [-0.1, -0.05) is 0 Å². The van der Waals surface area contributed by atoms with Crippen molar-refractivity contribution in [3.8, 4) is 0 Å². The Morgan fingerprint density at radius 2 is 2.21 bits per heavy atom. The minimum absolute atomic E-state index is 0.0585. The van der Waals surface area contributed by atoms with Crippen LogP contribution >= 0.6 is 11.3 Å². The third-order valence-electron chi connectivity index (χ3n) is 3.32. The smallest absolute Gasteiger partial charge is 0.320 e. The van der Waals surface area contributed by atoms with Crippen LogP contribution in [0.3, 0.4) is 0 Å². The van der Waals surface area contributed by atoms with Gasteiger partial charge < -0.3 is 14.9 Å². The van der Waals surface area contributed by atoms with Gasteiger partial charge >= 0.3 is 12.0 Å². The lowest BCUT2D eigenvalue weighted by molar-refractivity contribution is -0.143. The van der Waals surface area contributed by atoms with Gasteiger partial charge in [-0.25, -0.2) is 9.78 Å². The minimum Gasteiger partial charge on any atom is -0.481 e. The first-order valence-corrected chi connectivity index (χ1v) is 7.12. The summed E-state index contributed by atoms with van der Waals surface area (Å²) in [6.45, 7) is 1.51. The van der Waals surface area contributed by atoms with Crippen LogP contribution in [-0.2, 0) is 11.3 Å². The van der Waals surface area contributed by atoms with Gasteiger partial charge in [0.25, 0.3) is 0 Å². The van der Waals surface area contributed by atoms with Crippen molar-refractivity contribution in [2.75, 3.05) is 20.1 Å². The summed E-state index contributed by atoms with van der Waals surface area (Å²) in [7, 11) is 1.74. The highest BCUT2D eigenvalue weighted by Gasteiger charge is 2.28. The number of carbonyl (C=O) groups excluding carboxylic acids is 1. The number of likely N-dealkylation sites (tertiary alicyclic amines) is 1. The van der Waals surface area contributed by atoms with Gasteiger partial charge in [0, 0.05) is 25.5 Å². The molecule has 1 aliphatic heterocycles. The number of aliphatic carboxylic acids is 1. The van der Waals surface area contributed by atoms with Crippen molar-refractivity contribution in [2.24, 2.45) is 5.92 Å². The molecule has 7 heteroatoms. The molecule has 0 atom stereocenters. The third kappa shape index (κ3) is 3.44. The molecule has 1 aliphatic rings. The van der Waals surface area contributed by atoms with Crippen LogP contribution in [-0.4, -0.2) is 52.0 Å². The van der Waals surface area contributed by atoms with E-state index in [9.17, 15) is 9.59 Å². The Balaban J connectivity index is 1.85. The number of carbonyl (C=O) groups is 2. The van der Waals surface area contributed by atoms with Crippen LogP contribution in [0.1, 0.15) is 18.5 Å². The van der Waals surface area contributed by atoms with Gasteiger partial charge in [-0.05, 0) is 12.8 Å². The topological polar surface area (TPSA) is 73.7 Å². The molecule has 104 valence electrons. The maximum absolute atomic E-state index is 12.2. The van der Waals surface area contributed by atoms with E-state index in [1.165, 1.54) is 11.3 Å². The monoisotopic (exact) mass is 283 g/mol. The number of nitrogens with zero attached hydrogens (tertiary/aromatic N) is 3. The maximum Gasteiger partial charge on any atom is 0.320 e. The first kappa shape index (κ1) is 13.8. The number of piperidine rings is 1. The Hall–Kier alpha value is -1.63. The summed E-state index contributed by atoms with van der Waals surface area (Å²) in [4.78, 5) is 30.5. The highest BCUT2D eigenvalue weighted by Crippen LogP contribution is 2.18. The number of carboxylic acids is 1. The van der Waals surface area contributed by atoms with Crippen LogP contribution in [0.5, 0.6) is 0 Å². The van der Waals surface area contributed by atoms with E-state index in [1.54, 1.807) is 22.4 Å². The zero-order chi connectivity index (χ0) is 13.8. The molecule has 0 aliphatic carbocycles. The number of amides is 2. The molecule has 1 aromatic heterocycles. The predicted molar refractivity (Wildman–Crippen MR) is 70.9 cm³/mol. The molecule has 0 spiro atoms. The fraction of sp³-hybridized carbons (Fsp3) is 0.583. The molecule has 0 unspecified atom stereocenters. The first-order valence-electron chi connectivity index (χ1n) is 6.18. The zero-order valence-electron chi connectivity index (χ0n) is 10.8. The maximum atomic E-state index is 12.2. The highest BCUT2D eigenvalue weighted by molar-refractivity contribution is 7.07. The van der Waals surface area contributed by atoms with Crippen molar-refractivity contribution >= 4 is 23.3 Å². The van der Waals surface area contributed by atoms with Crippen molar-refractivity contribution < 1.29 is 14.7 Å². The second-order valence-electron chi connectivity index (χ2n) is 4.72. The van der Waals surface area contributed by atoms with E-state index in [-0.39, 0.29) is 11.9 Å². The molecule has 0 bridgehead atoms. The van der Waals surface area contributed by atoms with Gasteiger partial charge in [-0.2, -0.15) is 0 Å². The van der Waals surface area contributed by atoms with E-state index in [1.807, 2.05) is 5.38 Å². The lowest BCUT2D eigenvalue weighted by Crippen LogP contribution is -2.45. The van der Waals surface area contributed by atoms with Crippen molar-refractivity contribution in [1.82, 2.24) is 14.8 Å². The summed E-state index contributed by atoms with van der Waals surface area (Å²) in [6.07, 6.45) is 1.07. The van der Waals surface area contributed by atoms with Gasteiger partial charge in [0.05, 0.1) is 23.7 Å². The summed E-state index contributed by atoms with van der Waals surface area (Å²) in [5, 5.41) is 10.8. The van der Waals surface area contributed by atoms with E-state index in [4.69, 9.17) is 5.11 Å². The Bertz CT molecular complexity index is 441. The molecule has 0 aromatic carbocycles. The summed E-state index contributed by atoms with van der Waals surface area (Å²) in [5.74, 6) is -1.07. The minimum atomic E-state index is -0.761. The molecule has 2 amide bonds. The van der Waals surface area contributed by atoms with Crippen molar-refractivity contribution in [1.29, 1.82) is 0 Å². The highest BCUT2D eigenvalue weighted by atomic mass is 32.1. The Labute approximate surface area is 115 Å². The number of hydrogen-bond donors (Lipinski definition) is 1. The Morgan fingerprint density at radius 3 is 2.74 bits per heavy atom. The molecule has 0 radical (unpaired) electrons. The van der Waals surface area contributed by atoms with Gasteiger partial charge in [-0.15, -0.1) is 11.3 Å². The molecule has 19 heavy (non-hydrogen) atoms. The molecule has 2 rings (SSSR count). The van der Waals surface area contributed by atoms with Crippen molar-refractivity contribution in [3.05, 3.63) is 16.6 Å². The number of carboxylic acid groups (broad SMARTS) is 1. The van der Waals surface area contributed by atoms with Gasteiger partial charge in [-0.3, -0.25) is 4.79 Å². The molecule has 1 aromatic rings. The molecular formula is C12H17N3O3S. The lowest BCUT2D eigenvalue weighted by Gasteiger charge is -2.33. The molecule has 1 saturated heterocycles. The van der Waals surface area contributed by atoms with E-state index < -0.39 is 5.97 Å². The zero-order valence-corrected chi connectivity index (χ0v) is 11.6. The normalized spacial score (nSPS) is 16.4. The van der Waals surface area contributed by atoms with Crippen LogP contribution in [0.15, 0.2) is 10.9 Å². The second-order valence-corrected chi connectivity index (χ2v) is 5.44. The van der Waals surface area contributed by atoms with Gasteiger partial charge in [0.15, 0.2) is 0 Å². The predicted octanol–water partition coefficient (Wildman–Crippen LogP) is 1.49. The number of urea groups is 1. The summed E-state index contributed by atoms with van der Waals surface area (Å²) in [5.41, 5.74) is 2.62. The quantitative estimate of drug-likeness (QED) is 0.912. The van der Waals surface area contributed by atoms with E-state index in [2.05, 4.69) is 4.98 Å². The average Bonchev–Trinajstić information content (AvgIpc) is 2.90. The van der Waals surface area contributed by atoms with E-state index >= 15 is 0 Å². The van der Waals surface area contributed by atoms with Crippen LogP contribution in [0.4, 0.5) is 4.79 Å². The first-order chi connectivity index (χ1) is 9.08. The largest absolute Gasteiger partial charge is 0.481 e. The fourth-order valence-corrected chi connectivity index (χ4v) is 2.73. The molecule has 1 fully saturated rings. The number of thiazole rings is 1. The standard InChI is InChI=1S/C12H17N3O3S/c1-14(6-10-7-19-8-13-10)12(18)15-4-2-9(3-5-15)11(16)17/h7-9H,2-6H2,1H3,(H,16,17). The van der Waals surface area contributed by atoms with Crippen LogP contribution in [0.2, 0.25) is 0 Å². The average molecular weight is 283 g/mol. The summed E-state index contributed by atoms with van der Waals surface area (Å²) < 4.78 is 0. The summed E-state index contributed by atoms with van der Waals surface area (Å²) in [6, 6.07) is -0.0585. The van der Waals surface area contributed by atoms with Crippen molar-refractivity contribution in [3.63, 3.8) is 0 Å². The van der Waals surface area contributed by atoms with E-state index in [0.29, 0.717) is 32.5 Å². The number of hydrogen-bond acceptors (Lipinski definition) is 4. The SMILES string of the molecule is CN(Cc1cscn1)C(=O)N1CCC(C(=O)O)CC1. The molecule has 2 heterocycles. The molecule has 6 nitrogen and oxygen atoms in total. The van der Waals surface area contributed by atoms with Crippen molar-refractivity contribution in [2.45, 2.75) is 19.4 Å². The van der Waals surface area contributed by atoms with Gasteiger partial charge in [0.1, 0.15) is 0 Å². The molecule has 1 N–H and O–H groups in total. The molecule has 0 saturated carbocycles. The molecular weight excluding hydrogens is 266 g/mol. The fourth-order valence-electron chi connectivity index (χ4n) is 2.19. The van der Waals surface area contributed by atoms with E-state index in [0.717, 1.165) is 5.69 Å². The third-order valence-corrected chi connectivity index (χ3v) is 3.96. The number of aromatic nitrogens is 1. The lowest BCUT2D eigenvalue weighted by atomic mass is 9.97. The van der Waals surface area contributed by atoms with Crippen LogP contribution in [0, 0.1) is 5.92 Å². The summed E-state index contributed by atoms with van der Waals surface area (Å²) >= 11 is 1.50. The number of rotatable bonds is 3. The van der Waals surface area contributed by atoms with Crippen LogP contribution in [0.25, 0.3) is 0 Å². The Kier molecular flexibility index (Phi) is 4.36. The van der Waals surface area contributed by atoms with Crippen LogP contribution < -0.4 is 0 Å². The van der Waals surface area contributed by atoms with Gasteiger partial charge in [0.2, 0.25) is 0 Å². The Morgan fingerprint density at radius 1 is 1.53 bits per heavy atom. The second kappa shape index (κ2) is 6.01.